The number of rotatable bonds is 7. The van der Waals surface area contributed by atoms with Crippen LogP contribution < -0.4 is 4.74 Å². The van der Waals surface area contributed by atoms with E-state index < -0.39 is 11.2 Å². The number of hydrogen-bond donors (Lipinski definition) is 4. The van der Waals surface area contributed by atoms with E-state index in [1.807, 2.05) is 25.2 Å². The second-order valence-corrected chi connectivity index (χ2v) is 8.62. The van der Waals surface area contributed by atoms with Crippen LogP contribution in [0.3, 0.4) is 0 Å². The number of phenolic OH excluding ortho intramolecular Hbond substituents is 3. The molecule has 0 fully saturated rings. The summed E-state index contributed by atoms with van der Waals surface area (Å²) in [6, 6.07) is 7.19. The van der Waals surface area contributed by atoms with E-state index >= 15 is 0 Å². The van der Waals surface area contributed by atoms with Crippen molar-refractivity contribution in [1.29, 1.82) is 0 Å². The average molecular weight is 424 g/mol. The molecule has 1 aliphatic heterocycles. The molecule has 164 valence electrons. The standard InChI is InChI=1S/C25H28O6/c1-24(2,30)12-4-13-25(3)14-11-18-16(6-10-21(28)23(18)31-25)5-9-20(27)19-8-7-17(26)15-22(19)29/h4,6-8,10-12,14-15,26,28-30H,5,9,13H2,1-3H3/b12-4+. The molecule has 6 heteroatoms. The van der Waals surface area contributed by atoms with Crippen LogP contribution in [0.1, 0.15) is 55.1 Å². The fourth-order valence-electron chi connectivity index (χ4n) is 3.49. The van der Waals surface area contributed by atoms with E-state index in [2.05, 4.69) is 0 Å². The summed E-state index contributed by atoms with van der Waals surface area (Å²) in [6.45, 7) is 5.27. The summed E-state index contributed by atoms with van der Waals surface area (Å²) in [7, 11) is 0. The molecule has 0 aromatic heterocycles. The predicted molar refractivity (Wildman–Crippen MR) is 119 cm³/mol. The smallest absolute Gasteiger partial charge is 0.169 e. The predicted octanol–water partition coefficient (Wildman–Crippen LogP) is 4.50. The number of phenols is 3. The molecular weight excluding hydrogens is 396 g/mol. The lowest BCUT2D eigenvalue weighted by molar-refractivity contribution is 0.0979. The van der Waals surface area contributed by atoms with Crippen molar-refractivity contribution in [2.75, 3.05) is 0 Å². The number of ketones is 1. The van der Waals surface area contributed by atoms with Gasteiger partial charge in [0, 0.05) is 24.5 Å². The van der Waals surface area contributed by atoms with Crippen LogP contribution >= 0.6 is 0 Å². The number of Topliss-reactive ketones (excluding diaryl/α,β-unsaturated/α-hetero) is 1. The molecule has 1 atom stereocenters. The van der Waals surface area contributed by atoms with Crippen molar-refractivity contribution in [3.63, 3.8) is 0 Å². The van der Waals surface area contributed by atoms with Crippen molar-refractivity contribution in [2.24, 2.45) is 0 Å². The Balaban J connectivity index is 1.77. The first-order chi connectivity index (χ1) is 14.5. The molecule has 0 spiro atoms. The molecule has 1 aliphatic rings. The second kappa shape index (κ2) is 8.47. The van der Waals surface area contributed by atoms with E-state index in [0.29, 0.717) is 24.2 Å². The molecule has 2 aromatic rings. The van der Waals surface area contributed by atoms with Gasteiger partial charge in [0.15, 0.2) is 17.3 Å². The lowest BCUT2D eigenvalue weighted by Crippen LogP contribution is -2.31. The minimum absolute atomic E-state index is 0.0169. The molecule has 4 N–H and O–H groups in total. The third-order valence-corrected chi connectivity index (χ3v) is 5.16. The quantitative estimate of drug-likeness (QED) is 0.385. The summed E-state index contributed by atoms with van der Waals surface area (Å²) in [4.78, 5) is 12.5. The molecule has 1 heterocycles. The van der Waals surface area contributed by atoms with Crippen LogP contribution in [0.25, 0.3) is 6.08 Å². The molecule has 0 amide bonds. The van der Waals surface area contributed by atoms with Crippen LogP contribution in [0.5, 0.6) is 23.0 Å². The molecule has 6 nitrogen and oxygen atoms in total. The number of aromatic hydroxyl groups is 3. The largest absolute Gasteiger partial charge is 0.508 e. The van der Waals surface area contributed by atoms with Crippen LogP contribution in [-0.2, 0) is 6.42 Å². The Morgan fingerprint density at radius 3 is 2.55 bits per heavy atom. The molecule has 1 unspecified atom stereocenters. The van der Waals surface area contributed by atoms with E-state index in [0.717, 1.165) is 11.6 Å². The zero-order chi connectivity index (χ0) is 22.8. The highest BCUT2D eigenvalue weighted by Crippen LogP contribution is 2.41. The number of benzene rings is 2. The van der Waals surface area contributed by atoms with Gasteiger partial charge in [-0.15, -0.1) is 0 Å². The summed E-state index contributed by atoms with van der Waals surface area (Å²) in [5, 5.41) is 39.5. The summed E-state index contributed by atoms with van der Waals surface area (Å²) in [5.41, 5.74) is 0.110. The number of aliphatic hydroxyl groups is 1. The molecular formula is C25H28O6. The van der Waals surface area contributed by atoms with E-state index in [1.165, 1.54) is 12.1 Å². The SMILES string of the molecule is CC(C)(O)/C=C/CC1(C)C=Cc2c(CCC(=O)c3ccc(O)cc3O)ccc(O)c2O1. The molecule has 0 radical (unpaired) electrons. The molecule has 3 rings (SSSR count). The van der Waals surface area contributed by atoms with Gasteiger partial charge in [0.05, 0.1) is 11.2 Å². The Hall–Kier alpha value is -3.25. The van der Waals surface area contributed by atoms with Crippen LogP contribution in [-0.4, -0.2) is 37.4 Å². The van der Waals surface area contributed by atoms with Gasteiger partial charge in [0.2, 0.25) is 0 Å². The number of ether oxygens (including phenoxy) is 1. The summed E-state index contributed by atoms with van der Waals surface area (Å²) in [6.07, 6.45) is 8.38. The molecule has 0 saturated carbocycles. The van der Waals surface area contributed by atoms with Gasteiger partial charge in [-0.05, 0) is 57.0 Å². The Morgan fingerprint density at radius 2 is 1.87 bits per heavy atom. The molecule has 2 aromatic carbocycles. The van der Waals surface area contributed by atoms with Crippen molar-refractivity contribution >= 4 is 11.9 Å². The summed E-state index contributed by atoms with van der Waals surface area (Å²) >= 11 is 0. The van der Waals surface area contributed by atoms with E-state index in [4.69, 9.17) is 4.74 Å². The van der Waals surface area contributed by atoms with Crippen LogP contribution in [0.15, 0.2) is 48.6 Å². The van der Waals surface area contributed by atoms with Gasteiger partial charge < -0.3 is 25.2 Å². The maximum Gasteiger partial charge on any atom is 0.169 e. The Bertz CT molecular complexity index is 1040. The Kier molecular flexibility index (Phi) is 6.13. The Labute approximate surface area is 181 Å². The topological polar surface area (TPSA) is 107 Å². The van der Waals surface area contributed by atoms with Crippen molar-refractivity contribution in [3.05, 3.63) is 65.3 Å². The van der Waals surface area contributed by atoms with Crippen LogP contribution in [0, 0.1) is 0 Å². The fourth-order valence-corrected chi connectivity index (χ4v) is 3.49. The number of aryl methyl sites for hydroxylation is 1. The van der Waals surface area contributed by atoms with Gasteiger partial charge in [0.25, 0.3) is 0 Å². The summed E-state index contributed by atoms with van der Waals surface area (Å²) in [5.74, 6) is -0.232. The third kappa shape index (κ3) is 5.47. The highest BCUT2D eigenvalue weighted by molar-refractivity contribution is 5.98. The summed E-state index contributed by atoms with van der Waals surface area (Å²) < 4.78 is 6.11. The first-order valence-corrected chi connectivity index (χ1v) is 10.2. The van der Waals surface area contributed by atoms with Gasteiger partial charge in [-0.3, -0.25) is 4.79 Å². The Morgan fingerprint density at radius 1 is 1.13 bits per heavy atom. The van der Waals surface area contributed by atoms with E-state index in [-0.39, 0.29) is 35.0 Å². The van der Waals surface area contributed by atoms with Gasteiger partial charge in [-0.1, -0.05) is 24.3 Å². The van der Waals surface area contributed by atoms with Crippen LogP contribution in [0.4, 0.5) is 0 Å². The molecule has 0 bridgehead atoms. The zero-order valence-electron chi connectivity index (χ0n) is 17.9. The number of fused-ring (bicyclic) bond motifs is 1. The van der Waals surface area contributed by atoms with Crippen molar-refractivity contribution in [1.82, 2.24) is 0 Å². The van der Waals surface area contributed by atoms with Crippen LogP contribution in [0.2, 0.25) is 0 Å². The normalized spacial score (nSPS) is 18.1. The van der Waals surface area contributed by atoms with Crippen molar-refractivity contribution in [3.8, 4) is 23.0 Å². The van der Waals surface area contributed by atoms with Gasteiger partial charge in [-0.25, -0.2) is 0 Å². The molecule has 31 heavy (non-hydrogen) atoms. The third-order valence-electron chi connectivity index (χ3n) is 5.16. The molecule has 0 saturated heterocycles. The highest BCUT2D eigenvalue weighted by atomic mass is 16.5. The van der Waals surface area contributed by atoms with Crippen molar-refractivity contribution < 1.29 is 30.0 Å². The maximum absolute atomic E-state index is 12.5. The minimum Gasteiger partial charge on any atom is -0.508 e. The first-order valence-electron chi connectivity index (χ1n) is 10.2. The van der Waals surface area contributed by atoms with Gasteiger partial charge in [-0.2, -0.15) is 0 Å². The fraction of sp³-hybridized carbons (Fsp3) is 0.320. The maximum atomic E-state index is 12.5. The number of hydrogen-bond acceptors (Lipinski definition) is 6. The zero-order valence-corrected chi connectivity index (χ0v) is 17.9. The first kappa shape index (κ1) is 22.4. The number of carbonyl (C=O) groups excluding carboxylic acids is 1. The average Bonchev–Trinajstić information content (AvgIpc) is 2.66. The molecule has 0 aliphatic carbocycles. The van der Waals surface area contributed by atoms with Crippen molar-refractivity contribution in [2.45, 2.75) is 51.2 Å². The van der Waals surface area contributed by atoms with E-state index in [9.17, 15) is 25.2 Å². The second-order valence-electron chi connectivity index (χ2n) is 8.62. The lowest BCUT2D eigenvalue weighted by Gasteiger charge is -2.32. The highest BCUT2D eigenvalue weighted by Gasteiger charge is 2.29. The lowest BCUT2D eigenvalue weighted by atomic mass is 9.91. The number of carbonyl (C=O) groups is 1. The van der Waals surface area contributed by atoms with Gasteiger partial charge >= 0.3 is 0 Å². The monoisotopic (exact) mass is 424 g/mol. The van der Waals surface area contributed by atoms with E-state index in [1.54, 1.807) is 32.1 Å². The minimum atomic E-state index is -0.916. The van der Waals surface area contributed by atoms with Gasteiger partial charge in [0.1, 0.15) is 17.1 Å².